The van der Waals surface area contributed by atoms with Gasteiger partial charge in [0.15, 0.2) is 0 Å². The van der Waals surface area contributed by atoms with E-state index < -0.39 is 17.1 Å². The molecule has 0 radical (unpaired) electrons. The van der Waals surface area contributed by atoms with Crippen molar-refractivity contribution >= 4 is 24.2 Å². The molecule has 2 fully saturated rings. The molecule has 4 N–H and O–H groups in total. The maximum atomic E-state index is 12.2. The SMILES string of the molecule is CC(C)(N)C(=O)N1CC[C@@H](O)[C@@]2(CCCNC2=O)C1.Cl. The van der Waals surface area contributed by atoms with E-state index in [9.17, 15) is 14.7 Å². The molecule has 7 heteroatoms. The summed E-state index contributed by atoms with van der Waals surface area (Å²) in [6.07, 6.45) is 1.19. The summed E-state index contributed by atoms with van der Waals surface area (Å²) in [6.45, 7) is 4.68. The van der Waals surface area contributed by atoms with E-state index >= 15 is 0 Å². The van der Waals surface area contributed by atoms with Gasteiger partial charge in [-0.15, -0.1) is 12.4 Å². The number of nitrogens with two attached hydrogens (primary N) is 1. The summed E-state index contributed by atoms with van der Waals surface area (Å²) >= 11 is 0. The molecule has 2 heterocycles. The lowest BCUT2D eigenvalue weighted by molar-refractivity contribution is -0.156. The summed E-state index contributed by atoms with van der Waals surface area (Å²) < 4.78 is 0. The zero-order valence-corrected chi connectivity index (χ0v) is 12.8. The molecular formula is C13H24ClN3O3. The fourth-order valence-corrected chi connectivity index (χ4v) is 3.02. The lowest BCUT2D eigenvalue weighted by Crippen LogP contribution is -2.64. The van der Waals surface area contributed by atoms with Crippen molar-refractivity contribution in [3.05, 3.63) is 0 Å². The van der Waals surface area contributed by atoms with Crippen LogP contribution in [0.25, 0.3) is 0 Å². The highest BCUT2D eigenvalue weighted by molar-refractivity contribution is 5.88. The lowest BCUT2D eigenvalue weighted by Gasteiger charge is -2.47. The summed E-state index contributed by atoms with van der Waals surface area (Å²) in [7, 11) is 0. The predicted octanol–water partition coefficient (Wildman–Crippen LogP) is -0.365. The summed E-state index contributed by atoms with van der Waals surface area (Å²) in [4.78, 5) is 26.0. The highest BCUT2D eigenvalue weighted by Gasteiger charge is 2.51. The van der Waals surface area contributed by atoms with Gasteiger partial charge in [-0.05, 0) is 33.1 Å². The van der Waals surface area contributed by atoms with Crippen molar-refractivity contribution in [2.45, 2.75) is 44.8 Å². The number of aliphatic hydroxyl groups is 1. The third-order valence-corrected chi connectivity index (χ3v) is 4.16. The number of aliphatic hydroxyl groups excluding tert-OH is 1. The molecule has 2 aliphatic heterocycles. The van der Waals surface area contributed by atoms with Crippen LogP contribution >= 0.6 is 12.4 Å². The van der Waals surface area contributed by atoms with Crippen LogP contribution in [0.3, 0.4) is 0 Å². The third-order valence-electron chi connectivity index (χ3n) is 4.16. The molecular weight excluding hydrogens is 282 g/mol. The summed E-state index contributed by atoms with van der Waals surface area (Å²) in [6, 6.07) is 0. The van der Waals surface area contributed by atoms with Crippen LogP contribution in [0.1, 0.15) is 33.1 Å². The van der Waals surface area contributed by atoms with Gasteiger partial charge in [-0.3, -0.25) is 9.59 Å². The maximum absolute atomic E-state index is 12.2. The second-order valence-electron chi connectivity index (χ2n) is 6.27. The van der Waals surface area contributed by atoms with E-state index in [1.54, 1.807) is 18.7 Å². The van der Waals surface area contributed by atoms with E-state index in [-0.39, 0.29) is 30.8 Å². The van der Waals surface area contributed by atoms with Crippen LogP contribution in [0, 0.1) is 5.41 Å². The van der Waals surface area contributed by atoms with Crippen LogP contribution in [-0.4, -0.2) is 53.1 Å². The summed E-state index contributed by atoms with van der Waals surface area (Å²) in [5.41, 5.74) is 4.04. The fraction of sp³-hybridized carbons (Fsp3) is 0.846. The third kappa shape index (κ3) is 2.92. The molecule has 0 unspecified atom stereocenters. The Morgan fingerprint density at radius 2 is 2.20 bits per heavy atom. The van der Waals surface area contributed by atoms with Crippen LogP contribution in [-0.2, 0) is 9.59 Å². The number of rotatable bonds is 1. The predicted molar refractivity (Wildman–Crippen MR) is 77.4 cm³/mol. The standard InChI is InChI=1S/C13H23N3O3.ClH/c1-12(2,14)11(19)16-7-4-9(17)13(8-16)5-3-6-15-10(13)18;/h9,17H,3-8,14H2,1-2H3,(H,15,18);1H/t9-,13-;/m1./s1. The van der Waals surface area contributed by atoms with Gasteiger partial charge in [-0.2, -0.15) is 0 Å². The Labute approximate surface area is 125 Å². The maximum Gasteiger partial charge on any atom is 0.242 e. The first-order chi connectivity index (χ1) is 8.77. The zero-order valence-electron chi connectivity index (χ0n) is 12.0. The second kappa shape index (κ2) is 5.87. The summed E-state index contributed by atoms with van der Waals surface area (Å²) in [5, 5.41) is 13.0. The first-order valence-electron chi connectivity index (χ1n) is 6.82. The fourth-order valence-electron chi connectivity index (χ4n) is 3.02. The van der Waals surface area contributed by atoms with Gasteiger partial charge in [0.05, 0.1) is 17.1 Å². The number of amides is 2. The minimum atomic E-state index is -0.950. The molecule has 0 aromatic heterocycles. The Morgan fingerprint density at radius 1 is 1.55 bits per heavy atom. The Kier molecular flexibility index (Phi) is 5.05. The van der Waals surface area contributed by atoms with E-state index in [1.165, 1.54) is 0 Å². The monoisotopic (exact) mass is 305 g/mol. The van der Waals surface area contributed by atoms with Crippen LogP contribution in [0.5, 0.6) is 0 Å². The first kappa shape index (κ1) is 17.2. The molecule has 1 spiro atoms. The van der Waals surface area contributed by atoms with Crippen LogP contribution < -0.4 is 11.1 Å². The average molecular weight is 306 g/mol. The van der Waals surface area contributed by atoms with Crippen LogP contribution in [0.4, 0.5) is 0 Å². The van der Waals surface area contributed by atoms with Crippen molar-refractivity contribution in [1.82, 2.24) is 10.2 Å². The number of halogens is 1. The van der Waals surface area contributed by atoms with Crippen molar-refractivity contribution in [2.75, 3.05) is 19.6 Å². The average Bonchev–Trinajstić information content (AvgIpc) is 2.34. The zero-order chi connectivity index (χ0) is 14.3. The molecule has 0 aromatic rings. The molecule has 0 aliphatic carbocycles. The van der Waals surface area contributed by atoms with Crippen molar-refractivity contribution in [3.8, 4) is 0 Å². The van der Waals surface area contributed by atoms with Gasteiger partial charge < -0.3 is 21.1 Å². The topological polar surface area (TPSA) is 95.7 Å². The van der Waals surface area contributed by atoms with E-state index in [4.69, 9.17) is 5.73 Å². The molecule has 2 aliphatic rings. The first-order valence-corrected chi connectivity index (χ1v) is 6.82. The van der Waals surface area contributed by atoms with Gasteiger partial charge in [0, 0.05) is 19.6 Å². The Bertz CT molecular complexity index is 397. The molecule has 20 heavy (non-hydrogen) atoms. The van der Waals surface area contributed by atoms with Crippen LogP contribution in [0.2, 0.25) is 0 Å². The number of hydrogen-bond donors (Lipinski definition) is 3. The lowest BCUT2D eigenvalue weighted by atomic mass is 9.71. The molecule has 116 valence electrons. The second-order valence-corrected chi connectivity index (χ2v) is 6.27. The largest absolute Gasteiger partial charge is 0.392 e. The normalized spacial score (nSPS) is 30.7. The number of piperidine rings is 2. The minimum Gasteiger partial charge on any atom is -0.392 e. The smallest absolute Gasteiger partial charge is 0.242 e. The van der Waals surface area contributed by atoms with Gasteiger partial charge in [0.1, 0.15) is 0 Å². The molecule has 2 rings (SSSR count). The number of carbonyl (C=O) groups is 2. The van der Waals surface area contributed by atoms with E-state index in [1.807, 2.05) is 0 Å². The van der Waals surface area contributed by atoms with Crippen molar-refractivity contribution in [1.29, 1.82) is 0 Å². The van der Waals surface area contributed by atoms with Gasteiger partial charge >= 0.3 is 0 Å². The van der Waals surface area contributed by atoms with E-state index in [2.05, 4.69) is 5.32 Å². The molecule has 0 saturated carbocycles. The number of nitrogens with one attached hydrogen (secondary N) is 1. The van der Waals surface area contributed by atoms with Crippen molar-refractivity contribution < 1.29 is 14.7 Å². The number of likely N-dealkylation sites (tertiary alicyclic amines) is 1. The molecule has 2 saturated heterocycles. The number of carbonyl (C=O) groups excluding carboxylic acids is 2. The highest BCUT2D eigenvalue weighted by atomic mass is 35.5. The van der Waals surface area contributed by atoms with Crippen molar-refractivity contribution in [2.24, 2.45) is 11.1 Å². The van der Waals surface area contributed by atoms with Gasteiger partial charge in [-0.25, -0.2) is 0 Å². The van der Waals surface area contributed by atoms with Gasteiger partial charge in [0.2, 0.25) is 11.8 Å². The molecule has 2 amide bonds. The minimum absolute atomic E-state index is 0. The summed E-state index contributed by atoms with van der Waals surface area (Å²) in [5.74, 6) is -0.310. The Hall–Kier alpha value is -0.850. The number of nitrogens with zero attached hydrogens (tertiary/aromatic N) is 1. The molecule has 0 aromatic carbocycles. The molecule has 2 atom stereocenters. The van der Waals surface area contributed by atoms with Gasteiger partial charge in [-0.1, -0.05) is 0 Å². The quantitative estimate of drug-likeness (QED) is 0.616. The van der Waals surface area contributed by atoms with E-state index in [0.717, 1.165) is 6.42 Å². The molecule has 0 bridgehead atoms. The van der Waals surface area contributed by atoms with E-state index in [0.29, 0.717) is 25.9 Å². The Morgan fingerprint density at radius 3 is 2.75 bits per heavy atom. The van der Waals surface area contributed by atoms with Crippen LogP contribution in [0.15, 0.2) is 0 Å². The number of hydrogen-bond acceptors (Lipinski definition) is 4. The molecule has 6 nitrogen and oxygen atoms in total. The van der Waals surface area contributed by atoms with Crippen molar-refractivity contribution in [3.63, 3.8) is 0 Å². The Balaban J connectivity index is 0.00000200. The highest BCUT2D eigenvalue weighted by Crippen LogP contribution is 2.37. The van der Waals surface area contributed by atoms with Gasteiger partial charge in [0.25, 0.3) is 0 Å².